The van der Waals surface area contributed by atoms with Crippen molar-refractivity contribution >= 4 is 23.2 Å². The summed E-state index contributed by atoms with van der Waals surface area (Å²) in [6.45, 7) is 2.53. The Morgan fingerprint density at radius 3 is 2.89 bits per heavy atom. The third-order valence-electron chi connectivity index (χ3n) is 5.69. The van der Waals surface area contributed by atoms with Crippen LogP contribution in [0.1, 0.15) is 29.7 Å². The lowest BCUT2D eigenvalue weighted by Crippen LogP contribution is -2.24. The minimum Gasteiger partial charge on any atom is -0.391 e. The minimum absolute atomic E-state index is 0.226. The first kappa shape index (κ1) is 19.4. The first-order valence-corrected chi connectivity index (χ1v) is 11.2. The van der Waals surface area contributed by atoms with E-state index in [1.165, 1.54) is 11.1 Å². The molecule has 0 saturated carbocycles. The van der Waals surface area contributed by atoms with E-state index in [9.17, 15) is 5.11 Å². The maximum absolute atomic E-state index is 10.5. The van der Waals surface area contributed by atoms with Crippen molar-refractivity contribution in [1.29, 1.82) is 0 Å². The van der Waals surface area contributed by atoms with Gasteiger partial charge in [0, 0.05) is 31.0 Å². The summed E-state index contributed by atoms with van der Waals surface area (Å²) >= 11 is 1.98. The van der Waals surface area contributed by atoms with Gasteiger partial charge < -0.3 is 10.8 Å². The van der Waals surface area contributed by atoms with E-state index in [1.54, 1.807) is 6.33 Å². The van der Waals surface area contributed by atoms with Crippen molar-refractivity contribution in [3.05, 3.63) is 59.6 Å². The molecule has 1 aliphatic heterocycles. The van der Waals surface area contributed by atoms with Crippen LogP contribution in [0.5, 0.6) is 0 Å². The second-order valence-electron chi connectivity index (χ2n) is 7.72. The van der Waals surface area contributed by atoms with Gasteiger partial charge in [-0.25, -0.2) is 9.97 Å². The molecule has 1 fully saturated rings. The molecule has 0 spiro atoms. The number of rotatable bonds is 8. The fraction of sp³-hybridized carbons (Fsp3) is 0.455. The van der Waals surface area contributed by atoms with Crippen LogP contribution in [-0.4, -0.2) is 51.5 Å². The zero-order valence-electron chi connectivity index (χ0n) is 16.1. The molecule has 1 saturated heterocycles. The maximum Gasteiger partial charge on any atom is 0.130 e. The molecule has 3 N–H and O–H groups in total. The van der Waals surface area contributed by atoms with E-state index >= 15 is 0 Å². The maximum atomic E-state index is 10.5. The standard InChI is InChI=1S/C22H28N4OS/c23-22-19-9-8-18(21(19)24-15-25-22)12-26-11-17(20(27)13-26)7-4-10-28-14-16-5-2-1-3-6-16/h1-3,5-6,8,15,17,20,27H,4,7,9-14H2,(H2,23,24,25)/t17-,20-/m0/s1. The Morgan fingerprint density at radius 1 is 1.18 bits per heavy atom. The van der Waals surface area contributed by atoms with Gasteiger partial charge in [-0.3, -0.25) is 4.90 Å². The number of benzene rings is 1. The predicted octanol–water partition coefficient (Wildman–Crippen LogP) is 3.00. The number of nitrogen functional groups attached to an aromatic ring is 1. The number of aliphatic hydroxyl groups excluding tert-OH is 1. The van der Waals surface area contributed by atoms with Gasteiger partial charge in [0.25, 0.3) is 0 Å². The fourth-order valence-corrected chi connectivity index (χ4v) is 5.12. The molecular formula is C22H28N4OS. The molecule has 1 aromatic heterocycles. The van der Waals surface area contributed by atoms with Crippen molar-refractivity contribution in [3.63, 3.8) is 0 Å². The Morgan fingerprint density at radius 2 is 2.04 bits per heavy atom. The van der Waals surface area contributed by atoms with Crippen LogP contribution in [-0.2, 0) is 12.2 Å². The molecule has 28 heavy (non-hydrogen) atoms. The van der Waals surface area contributed by atoms with E-state index in [0.29, 0.717) is 11.7 Å². The normalized spacial score (nSPS) is 21.7. The highest BCUT2D eigenvalue weighted by Gasteiger charge is 2.32. The Kier molecular flexibility index (Phi) is 6.29. The number of hydrogen-bond donors (Lipinski definition) is 2. The number of thioether (sulfide) groups is 1. The zero-order chi connectivity index (χ0) is 19.3. The summed E-state index contributed by atoms with van der Waals surface area (Å²) in [6.07, 6.45) is 6.58. The van der Waals surface area contributed by atoms with Gasteiger partial charge in [-0.15, -0.1) is 0 Å². The number of likely N-dealkylation sites (tertiary alicyclic amines) is 1. The first-order valence-electron chi connectivity index (χ1n) is 10.0. The smallest absolute Gasteiger partial charge is 0.130 e. The predicted molar refractivity (Wildman–Crippen MR) is 116 cm³/mol. The highest BCUT2D eigenvalue weighted by Crippen LogP contribution is 2.31. The lowest BCUT2D eigenvalue weighted by atomic mass is 10.0. The Labute approximate surface area is 171 Å². The molecule has 0 radical (unpaired) electrons. The van der Waals surface area contributed by atoms with Crippen molar-refractivity contribution in [2.45, 2.75) is 31.1 Å². The van der Waals surface area contributed by atoms with Gasteiger partial charge in [-0.2, -0.15) is 11.8 Å². The van der Waals surface area contributed by atoms with Gasteiger partial charge in [0.1, 0.15) is 12.1 Å². The van der Waals surface area contributed by atoms with E-state index in [1.807, 2.05) is 11.8 Å². The van der Waals surface area contributed by atoms with E-state index in [0.717, 1.165) is 61.7 Å². The molecule has 6 heteroatoms. The second-order valence-corrected chi connectivity index (χ2v) is 8.83. The van der Waals surface area contributed by atoms with Gasteiger partial charge in [0.05, 0.1) is 11.8 Å². The van der Waals surface area contributed by atoms with E-state index in [4.69, 9.17) is 5.73 Å². The average Bonchev–Trinajstić information content (AvgIpc) is 3.27. The molecule has 1 aromatic carbocycles. The molecule has 148 valence electrons. The summed E-state index contributed by atoms with van der Waals surface area (Å²) in [7, 11) is 0. The van der Waals surface area contributed by atoms with Crippen LogP contribution in [0.15, 0.2) is 42.7 Å². The number of anilines is 1. The lowest BCUT2D eigenvalue weighted by molar-refractivity contribution is 0.138. The van der Waals surface area contributed by atoms with Crippen LogP contribution in [0.25, 0.3) is 5.57 Å². The largest absolute Gasteiger partial charge is 0.391 e. The molecule has 2 aliphatic rings. The summed E-state index contributed by atoms with van der Waals surface area (Å²) in [4.78, 5) is 10.9. The quantitative estimate of drug-likeness (QED) is 0.668. The van der Waals surface area contributed by atoms with Crippen LogP contribution in [0, 0.1) is 5.92 Å². The Balaban J connectivity index is 1.21. The van der Waals surface area contributed by atoms with E-state index in [-0.39, 0.29) is 6.10 Å². The lowest BCUT2D eigenvalue weighted by Gasteiger charge is -2.17. The van der Waals surface area contributed by atoms with E-state index < -0.39 is 0 Å². The molecule has 2 aromatic rings. The van der Waals surface area contributed by atoms with Crippen LogP contribution < -0.4 is 5.73 Å². The molecule has 2 atom stereocenters. The van der Waals surface area contributed by atoms with Crippen LogP contribution in [0.2, 0.25) is 0 Å². The number of nitrogens with two attached hydrogens (primary N) is 1. The van der Waals surface area contributed by atoms with Crippen molar-refractivity contribution in [1.82, 2.24) is 14.9 Å². The van der Waals surface area contributed by atoms with Crippen LogP contribution in [0.3, 0.4) is 0 Å². The number of aliphatic hydroxyl groups is 1. The van der Waals surface area contributed by atoms with Crippen molar-refractivity contribution in [2.75, 3.05) is 31.1 Å². The van der Waals surface area contributed by atoms with Gasteiger partial charge in [-0.1, -0.05) is 36.4 Å². The average molecular weight is 397 g/mol. The summed E-state index contributed by atoms with van der Waals surface area (Å²) in [5, 5.41) is 10.5. The monoisotopic (exact) mass is 396 g/mol. The van der Waals surface area contributed by atoms with Crippen molar-refractivity contribution < 1.29 is 5.11 Å². The fourth-order valence-electron chi connectivity index (χ4n) is 4.17. The Hall–Kier alpha value is -1.89. The summed E-state index contributed by atoms with van der Waals surface area (Å²) in [5.74, 6) is 3.17. The molecular weight excluding hydrogens is 368 g/mol. The van der Waals surface area contributed by atoms with Crippen molar-refractivity contribution in [3.8, 4) is 0 Å². The number of allylic oxidation sites excluding steroid dienone is 1. The summed E-state index contributed by atoms with van der Waals surface area (Å²) in [5.41, 5.74) is 10.6. The zero-order valence-corrected chi connectivity index (χ0v) is 16.9. The van der Waals surface area contributed by atoms with Crippen LogP contribution >= 0.6 is 11.8 Å². The van der Waals surface area contributed by atoms with Gasteiger partial charge in [-0.05, 0) is 42.1 Å². The Bertz CT molecular complexity index is 827. The molecule has 4 rings (SSSR count). The first-order chi connectivity index (χ1) is 13.7. The third kappa shape index (κ3) is 4.57. The number of aromatic nitrogens is 2. The molecule has 5 nitrogen and oxygen atoms in total. The van der Waals surface area contributed by atoms with Gasteiger partial charge in [0.2, 0.25) is 0 Å². The topological polar surface area (TPSA) is 75.3 Å². The number of fused-ring (bicyclic) bond motifs is 1. The van der Waals surface area contributed by atoms with E-state index in [2.05, 4.69) is 51.3 Å². The number of β-amino-alcohol motifs (C(OH)–C–C–N with tert-alkyl or cyclic N) is 1. The minimum atomic E-state index is -0.226. The summed E-state index contributed by atoms with van der Waals surface area (Å²) in [6, 6.07) is 10.6. The second kappa shape index (κ2) is 9.07. The molecule has 1 aliphatic carbocycles. The number of nitrogens with zero attached hydrogens (tertiary/aromatic N) is 3. The highest BCUT2D eigenvalue weighted by molar-refractivity contribution is 7.98. The molecule has 2 heterocycles. The SMILES string of the molecule is Nc1ncnc2c1CC=C2CN1C[C@H](CCCSCc2ccccc2)[C@@H](O)C1. The molecule has 0 bridgehead atoms. The number of hydrogen-bond acceptors (Lipinski definition) is 6. The van der Waals surface area contributed by atoms with Gasteiger partial charge in [0.15, 0.2) is 0 Å². The van der Waals surface area contributed by atoms with Gasteiger partial charge >= 0.3 is 0 Å². The summed E-state index contributed by atoms with van der Waals surface area (Å²) < 4.78 is 0. The highest BCUT2D eigenvalue weighted by atomic mass is 32.2. The van der Waals surface area contributed by atoms with Crippen LogP contribution in [0.4, 0.5) is 5.82 Å². The third-order valence-corrected chi connectivity index (χ3v) is 6.80. The molecule has 0 unspecified atom stereocenters. The molecule has 0 amide bonds. The van der Waals surface area contributed by atoms with Crippen molar-refractivity contribution in [2.24, 2.45) is 5.92 Å².